The summed E-state index contributed by atoms with van der Waals surface area (Å²) in [4.78, 5) is 15.5. The van der Waals surface area contributed by atoms with Crippen LogP contribution in [0.5, 0.6) is 0 Å². The van der Waals surface area contributed by atoms with Crippen molar-refractivity contribution in [3.05, 3.63) is 176 Å². The first-order valence-corrected chi connectivity index (χ1v) is 17.0. The molecule has 10 aromatic rings. The van der Waals surface area contributed by atoms with E-state index < -0.39 is 0 Å². The van der Waals surface area contributed by atoms with Gasteiger partial charge in [-0.2, -0.15) is 0 Å². The highest BCUT2D eigenvalue weighted by atomic mass is 14.9. The highest BCUT2D eigenvalue weighted by molar-refractivity contribution is 6.33. The number of para-hydroxylation sites is 2. The lowest BCUT2D eigenvalue weighted by atomic mass is 9.90. The van der Waals surface area contributed by atoms with Crippen LogP contribution in [0.15, 0.2) is 176 Å². The Kier molecular flexibility index (Phi) is 6.49. The molecule has 0 saturated heterocycles. The number of aromatic nitrogens is 3. The molecule has 2 aromatic heterocycles. The topological polar surface area (TPSA) is 38.7 Å². The van der Waals surface area contributed by atoms with Crippen LogP contribution in [0.2, 0.25) is 0 Å². The number of nitrogens with zero attached hydrogens (tertiary/aromatic N) is 3. The van der Waals surface area contributed by atoms with Gasteiger partial charge in [-0.05, 0) is 44.8 Å². The zero-order valence-electron chi connectivity index (χ0n) is 27.1. The summed E-state index contributed by atoms with van der Waals surface area (Å²) in [7, 11) is 0. The van der Waals surface area contributed by atoms with Gasteiger partial charge in [-0.3, -0.25) is 0 Å². The van der Waals surface area contributed by atoms with E-state index in [0.29, 0.717) is 5.82 Å². The van der Waals surface area contributed by atoms with Crippen molar-refractivity contribution in [1.82, 2.24) is 15.0 Å². The van der Waals surface area contributed by atoms with Gasteiger partial charge in [0.2, 0.25) is 0 Å². The fraction of sp³-hybridized carbons (Fsp3) is 0. The smallest absolute Gasteiger partial charge is 0.160 e. The Morgan fingerprint density at radius 1 is 0.240 bits per heavy atom. The third-order valence-corrected chi connectivity index (χ3v) is 9.86. The SMILES string of the molecule is c1ccc(-c2ccc(-c3nc(-c4ccc(-c5nc6ccccc6c6c7ccccc7c7ccccc7c56)cc4)nc4ccccc34)cc2)cc1. The Balaban J connectivity index is 1.14. The molecule has 3 heteroatoms. The molecular weight excluding hydrogens is 607 g/mol. The molecule has 0 bridgehead atoms. The summed E-state index contributed by atoms with van der Waals surface area (Å²) in [6.07, 6.45) is 0. The molecule has 0 fully saturated rings. The van der Waals surface area contributed by atoms with Crippen LogP contribution in [0.1, 0.15) is 0 Å². The zero-order chi connectivity index (χ0) is 33.0. The maximum atomic E-state index is 5.33. The lowest BCUT2D eigenvalue weighted by Crippen LogP contribution is -1.96. The maximum Gasteiger partial charge on any atom is 0.160 e. The lowest BCUT2D eigenvalue weighted by molar-refractivity contribution is 1.23. The van der Waals surface area contributed by atoms with Gasteiger partial charge < -0.3 is 0 Å². The van der Waals surface area contributed by atoms with E-state index in [4.69, 9.17) is 15.0 Å². The van der Waals surface area contributed by atoms with E-state index in [9.17, 15) is 0 Å². The molecule has 0 atom stereocenters. The third-order valence-electron chi connectivity index (χ3n) is 9.86. The van der Waals surface area contributed by atoms with Crippen molar-refractivity contribution >= 4 is 54.1 Å². The normalized spacial score (nSPS) is 11.6. The van der Waals surface area contributed by atoms with E-state index >= 15 is 0 Å². The molecule has 10 rings (SSSR count). The average molecular weight is 636 g/mol. The number of hydrogen-bond donors (Lipinski definition) is 0. The van der Waals surface area contributed by atoms with Crippen molar-refractivity contribution in [3.63, 3.8) is 0 Å². The number of fused-ring (bicyclic) bond motifs is 9. The monoisotopic (exact) mass is 635 g/mol. The number of rotatable bonds is 4. The minimum atomic E-state index is 0.699. The molecule has 0 unspecified atom stereocenters. The van der Waals surface area contributed by atoms with Crippen LogP contribution in [-0.4, -0.2) is 15.0 Å². The van der Waals surface area contributed by atoms with Gasteiger partial charge >= 0.3 is 0 Å². The summed E-state index contributed by atoms with van der Waals surface area (Å²) in [5.41, 5.74) is 9.27. The van der Waals surface area contributed by atoms with E-state index in [-0.39, 0.29) is 0 Å². The Morgan fingerprint density at radius 2 is 0.680 bits per heavy atom. The molecule has 8 aromatic carbocycles. The van der Waals surface area contributed by atoms with Gasteiger partial charge in [0.05, 0.1) is 22.4 Å². The van der Waals surface area contributed by atoms with Crippen LogP contribution < -0.4 is 0 Å². The van der Waals surface area contributed by atoms with Crippen molar-refractivity contribution in [2.24, 2.45) is 0 Å². The summed E-state index contributed by atoms with van der Waals surface area (Å²) in [6.45, 7) is 0. The molecule has 0 N–H and O–H groups in total. The van der Waals surface area contributed by atoms with Gasteiger partial charge in [0.25, 0.3) is 0 Å². The van der Waals surface area contributed by atoms with Crippen LogP contribution in [0, 0.1) is 0 Å². The van der Waals surface area contributed by atoms with Crippen LogP contribution in [0.3, 0.4) is 0 Å². The van der Waals surface area contributed by atoms with Crippen molar-refractivity contribution < 1.29 is 0 Å². The Labute approximate surface area is 289 Å². The van der Waals surface area contributed by atoms with Gasteiger partial charge in [0.15, 0.2) is 5.82 Å². The second-order valence-electron chi connectivity index (χ2n) is 12.8. The Hall–Kier alpha value is -6.71. The van der Waals surface area contributed by atoms with E-state index in [1.54, 1.807) is 0 Å². The van der Waals surface area contributed by atoms with Gasteiger partial charge in [-0.1, -0.05) is 164 Å². The van der Waals surface area contributed by atoms with Crippen LogP contribution in [0.25, 0.3) is 99.2 Å². The molecule has 0 radical (unpaired) electrons. The summed E-state index contributed by atoms with van der Waals surface area (Å²) in [5, 5.41) is 9.56. The van der Waals surface area contributed by atoms with E-state index in [0.717, 1.165) is 44.5 Å². The number of benzene rings is 8. The van der Waals surface area contributed by atoms with Gasteiger partial charge in [0.1, 0.15) is 0 Å². The summed E-state index contributed by atoms with van der Waals surface area (Å²) >= 11 is 0. The predicted octanol–water partition coefficient (Wildman–Crippen LogP) is 12.3. The zero-order valence-corrected chi connectivity index (χ0v) is 27.1. The molecule has 0 aliphatic rings. The minimum absolute atomic E-state index is 0.699. The molecule has 232 valence electrons. The third kappa shape index (κ3) is 4.56. The summed E-state index contributed by atoms with van der Waals surface area (Å²) in [6, 6.07) is 61.9. The highest BCUT2D eigenvalue weighted by Crippen LogP contribution is 2.43. The molecule has 0 amide bonds. The molecule has 0 aliphatic heterocycles. The molecule has 50 heavy (non-hydrogen) atoms. The van der Waals surface area contributed by atoms with Crippen molar-refractivity contribution in [1.29, 1.82) is 0 Å². The second-order valence-corrected chi connectivity index (χ2v) is 12.8. The van der Waals surface area contributed by atoms with Crippen LogP contribution in [-0.2, 0) is 0 Å². The van der Waals surface area contributed by atoms with Crippen molar-refractivity contribution in [3.8, 4) is 45.0 Å². The van der Waals surface area contributed by atoms with Gasteiger partial charge in [0, 0.05) is 38.2 Å². The van der Waals surface area contributed by atoms with Crippen molar-refractivity contribution in [2.45, 2.75) is 0 Å². The van der Waals surface area contributed by atoms with E-state index in [1.807, 2.05) is 12.1 Å². The van der Waals surface area contributed by atoms with Crippen LogP contribution >= 0.6 is 0 Å². The largest absolute Gasteiger partial charge is 0.247 e. The summed E-state index contributed by atoms with van der Waals surface area (Å²) in [5.74, 6) is 0.699. The first-order valence-electron chi connectivity index (χ1n) is 17.0. The fourth-order valence-electron chi connectivity index (χ4n) is 7.49. The fourth-order valence-corrected chi connectivity index (χ4v) is 7.49. The number of hydrogen-bond acceptors (Lipinski definition) is 3. The number of pyridine rings is 1. The second kappa shape index (κ2) is 11.5. The van der Waals surface area contributed by atoms with Gasteiger partial charge in [-0.25, -0.2) is 15.0 Å². The Morgan fingerprint density at radius 3 is 1.34 bits per heavy atom. The van der Waals surface area contributed by atoms with Gasteiger partial charge in [-0.15, -0.1) is 0 Å². The molecular formula is C47H29N3. The average Bonchev–Trinajstić information content (AvgIpc) is 3.20. The van der Waals surface area contributed by atoms with Crippen molar-refractivity contribution in [2.75, 3.05) is 0 Å². The standard InChI is InChI=1S/C47H29N3/c1-2-12-30(13-3-1)31-22-24-32(25-23-31)45-40-19-9-11-21-42(40)49-47(50-45)34-28-26-33(27-29-34)46-44-38-17-7-5-15-36(38)35-14-4-6-16-37(35)43(44)39-18-8-10-20-41(39)48-46/h1-29H. The molecule has 0 aliphatic carbocycles. The highest BCUT2D eigenvalue weighted by Gasteiger charge is 2.18. The molecule has 0 saturated carbocycles. The predicted molar refractivity (Wildman–Crippen MR) is 209 cm³/mol. The Bertz CT molecular complexity index is 2890. The first-order chi connectivity index (χ1) is 24.8. The van der Waals surface area contributed by atoms with E-state index in [2.05, 4.69) is 164 Å². The minimum Gasteiger partial charge on any atom is -0.247 e. The maximum absolute atomic E-state index is 5.33. The molecule has 0 spiro atoms. The first kappa shape index (κ1) is 28.3. The quantitative estimate of drug-likeness (QED) is 0.181. The van der Waals surface area contributed by atoms with E-state index in [1.165, 1.54) is 48.8 Å². The summed E-state index contributed by atoms with van der Waals surface area (Å²) < 4.78 is 0. The van der Waals surface area contributed by atoms with Crippen LogP contribution in [0.4, 0.5) is 0 Å². The lowest BCUT2D eigenvalue weighted by Gasteiger charge is -2.16. The molecule has 2 heterocycles. The molecule has 3 nitrogen and oxygen atoms in total.